The third-order valence-electron chi connectivity index (χ3n) is 0.274. The molecule has 0 spiro atoms. The monoisotopic (exact) mass is 606 g/mol. The molecule has 0 aromatic rings. The highest BCUT2D eigenvalue weighted by molar-refractivity contribution is 14.3. The van der Waals surface area contributed by atoms with Crippen LogP contribution < -0.4 is 0 Å². The van der Waals surface area contributed by atoms with E-state index in [1.54, 1.807) is 44.4 Å². The Morgan fingerprint density at radius 3 is 1.69 bits per heavy atom. The molecule has 0 N–H and O–H groups in total. The minimum atomic E-state index is 0.417. The molecule has 13 heteroatoms. The van der Waals surface area contributed by atoms with E-state index in [9.17, 15) is 0 Å². The van der Waals surface area contributed by atoms with E-state index in [-0.39, 0.29) is 0 Å². The zero-order chi connectivity index (χ0) is 9.94. The van der Waals surface area contributed by atoms with Crippen molar-refractivity contribution in [3.63, 3.8) is 0 Å². The van der Waals surface area contributed by atoms with E-state index < -0.39 is 0 Å². The molecule has 0 aromatic carbocycles. The largest absolute Gasteiger partial charge is 0.0257 e. The molecule has 0 aliphatic heterocycles. The molecule has 0 radical (unpaired) electrons. The summed E-state index contributed by atoms with van der Waals surface area (Å²) in [6.07, 6.45) is 0. The molecule has 13 heavy (non-hydrogen) atoms. The summed E-state index contributed by atoms with van der Waals surface area (Å²) in [4.78, 5) is 0. The second-order valence-corrected chi connectivity index (χ2v) is 32.0. The van der Waals surface area contributed by atoms with E-state index in [2.05, 4.69) is 42.4 Å². The SMILES string of the molecule is S=S=S=S=S=S=S=S=S=S=S(I)I. The first-order valence-electron chi connectivity index (χ1n) is 1.98. The Balaban J connectivity index is 5.40. The average Bonchev–Trinajstić information content (AvgIpc) is 2.09. The van der Waals surface area contributed by atoms with Crippen LogP contribution in [-0.2, 0) is 94.9 Å². The fourth-order valence-electron chi connectivity index (χ4n) is 0.100. The fraction of sp³-hybridized carbons (Fsp3) is 0. The molecule has 0 bridgehead atoms. The van der Waals surface area contributed by atoms with Crippen LogP contribution in [0, 0.1) is 0 Å². The van der Waals surface area contributed by atoms with E-state index in [0.717, 1.165) is 0 Å². The predicted molar refractivity (Wildman–Crippen MR) is 109 cm³/mol. The van der Waals surface area contributed by atoms with Gasteiger partial charge in [-0.25, -0.2) is 0 Å². The summed E-state index contributed by atoms with van der Waals surface area (Å²) < 4.78 is 0.417. The Kier molecular flexibility index (Phi) is 18.4. The summed E-state index contributed by atoms with van der Waals surface area (Å²) in [5, 5.41) is 0. The number of halogens is 2. The third kappa shape index (κ3) is 16.0. The van der Waals surface area contributed by atoms with Gasteiger partial charge in [0.15, 0.2) is 0 Å². The van der Waals surface area contributed by atoms with Gasteiger partial charge in [0.1, 0.15) is 0 Å². The molecule has 0 amide bonds. The highest BCUT2D eigenvalue weighted by Crippen LogP contribution is 2.03. The molecule has 0 rings (SSSR count). The molecule has 0 aromatic heterocycles. The summed E-state index contributed by atoms with van der Waals surface area (Å²) >= 11 is 9.56. The Morgan fingerprint density at radius 2 is 1.23 bits per heavy atom. The van der Waals surface area contributed by atoms with Gasteiger partial charge >= 0.3 is 0 Å². The van der Waals surface area contributed by atoms with Crippen molar-refractivity contribution in [1.29, 1.82) is 0 Å². The van der Waals surface area contributed by atoms with Crippen LogP contribution in [0.3, 0.4) is 0 Å². The maximum Gasteiger partial charge on any atom is 0.0122 e. The first-order valence-corrected chi connectivity index (χ1v) is 21.2. The lowest BCUT2D eigenvalue weighted by molar-refractivity contribution is 6.00. The molecule has 0 atom stereocenters. The summed E-state index contributed by atoms with van der Waals surface area (Å²) in [5.74, 6) is 0. The Labute approximate surface area is 134 Å². The van der Waals surface area contributed by atoms with Crippen LogP contribution in [0.5, 0.6) is 0 Å². The highest BCUT2D eigenvalue weighted by Gasteiger charge is 1.64. The van der Waals surface area contributed by atoms with Crippen molar-refractivity contribution in [1.82, 2.24) is 0 Å². The van der Waals surface area contributed by atoms with Crippen LogP contribution in [0.1, 0.15) is 0 Å². The van der Waals surface area contributed by atoms with Crippen LogP contribution in [-0.4, -0.2) is 0 Å². The van der Waals surface area contributed by atoms with Gasteiger partial charge in [-0.15, -0.1) is 0 Å². The maximum atomic E-state index is 4.72. The van der Waals surface area contributed by atoms with E-state index in [0.29, 0.717) is 3.80 Å². The summed E-state index contributed by atoms with van der Waals surface area (Å²) in [5.41, 5.74) is 0. The van der Waals surface area contributed by atoms with Crippen molar-refractivity contribution in [3.05, 3.63) is 0 Å². The van der Waals surface area contributed by atoms with Crippen molar-refractivity contribution in [2.75, 3.05) is 0 Å². The van der Waals surface area contributed by atoms with Gasteiger partial charge < -0.3 is 0 Å². The van der Waals surface area contributed by atoms with Gasteiger partial charge in [0.05, 0.1) is 0 Å². The smallest absolute Gasteiger partial charge is 0.0122 e. The summed E-state index contributed by atoms with van der Waals surface area (Å²) in [6, 6.07) is 0. The number of hydrogen-bond acceptors (Lipinski definition) is 1. The Morgan fingerprint density at radius 1 is 0.769 bits per heavy atom. The molecule has 0 aliphatic carbocycles. The Bertz CT molecular complexity index is 507. The molecule has 0 nitrogen and oxygen atoms in total. The Hall–Kier alpha value is 4.01. The van der Waals surface area contributed by atoms with Gasteiger partial charge in [-0.05, 0) is 79.9 Å². The van der Waals surface area contributed by atoms with E-state index >= 15 is 0 Å². The van der Waals surface area contributed by atoms with Gasteiger partial charge in [-0.2, -0.15) is 0 Å². The van der Waals surface area contributed by atoms with Crippen LogP contribution in [0.4, 0.5) is 0 Å². The lowest BCUT2D eigenvalue weighted by Crippen LogP contribution is -1.44. The minimum Gasteiger partial charge on any atom is -0.0257 e. The molecular formula is I2S11. The lowest BCUT2D eigenvalue weighted by Gasteiger charge is -1.63. The van der Waals surface area contributed by atoms with Crippen molar-refractivity contribution in [2.24, 2.45) is 0 Å². The van der Waals surface area contributed by atoms with E-state index in [4.69, 9.17) is 11.2 Å². The van der Waals surface area contributed by atoms with Crippen LogP contribution >= 0.6 is 42.4 Å². The van der Waals surface area contributed by atoms with E-state index in [1.165, 1.54) is 8.88 Å². The molecule has 0 heterocycles. The van der Waals surface area contributed by atoms with Crippen LogP contribution in [0.25, 0.3) is 0 Å². The first-order chi connectivity index (χ1) is 6.27. The molecule has 0 aliphatic rings. The second-order valence-electron chi connectivity index (χ2n) is 0.797. The van der Waals surface area contributed by atoms with Crippen molar-refractivity contribution >= 4 is 137 Å². The van der Waals surface area contributed by atoms with Crippen molar-refractivity contribution in [2.45, 2.75) is 0 Å². The molecule has 0 saturated heterocycles. The standard InChI is InChI=1S/I2S11/c1-13(2)12-11-10-9-8-7-6-5-4-3. The number of hydrogen-bond donors (Lipinski definition) is 0. The van der Waals surface area contributed by atoms with Crippen LogP contribution in [0.15, 0.2) is 0 Å². The molecular weight excluding hydrogens is 607 g/mol. The first kappa shape index (κ1) is 17.0. The van der Waals surface area contributed by atoms with Gasteiger partial charge in [-0.1, -0.05) is 0 Å². The van der Waals surface area contributed by atoms with Gasteiger partial charge in [0.25, 0.3) is 0 Å². The molecule has 0 saturated carbocycles. The normalized spacial score (nSPS) is 8.23. The topological polar surface area (TPSA) is 0 Å². The lowest BCUT2D eigenvalue weighted by atomic mass is 30.7. The third-order valence-corrected chi connectivity index (χ3v) is 27.3. The average molecular weight is 607 g/mol. The predicted octanol–water partition coefficient (Wildman–Crippen LogP) is 1.75. The fourth-order valence-corrected chi connectivity index (χ4v) is 30.7. The zero-order valence-electron chi connectivity index (χ0n) is 5.25. The zero-order valence-corrected chi connectivity index (χ0v) is 18.5. The minimum absolute atomic E-state index is 0.417. The summed E-state index contributed by atoms with van der Waals surface area (Å²) in [6.45, 7) is 0. The highest BCUT2D eigenvalue weighted by atomic mass is 127. The van der Waals surface area contributed by atoms with Crippen LogP contribution in [0.2, 0.25) is 0 Å². The quantitative estimate of drug-likeness (QED) is 0.300. The maximum absolute atomic E-state index is 4.72. The molecule has 0 fully saturated rings. The van der Waals surface area contributed by atoms with Gasteiger partial charge in [0, 0.05) is 57.4 Å². The number of rotatable bonds is 0. The van der Waals surface area contributed by atoms with Crippen molar-refractivity contribution in [3.8, 4) is 0 Å². The van der Waals surface area contributed by atoms with Gasteiger partial charge in [-0.3, -0.25) is 0 Å². The summed E-state index contributed by atoms with van der Waals surface area (Å²) in [7, 11) is 15.7. The van der Waals surface area contributed by atoms with Crippen molar-refractivity contribution < 1.29 is 0 Å². The van der Waals surface area contributed by atoms with Gasteiger partial charge in [0.2, 0.25) is 0 Å². The second kappa shape index (κ2) is 14.1. The van der Waals surface area contributed by atoms with E-state index in [1.807, 2.05) is 26.6 Å². The molecule has 80 valence electrons. The molecule has 0 unspecified atom stereocenters.